The molecule has 0 unspecified atom stereocenters. The molecule has 2 amide bonds. The van der Waals surface area contributed by atoms with E-state index in [-0.39, 0.29) is 17.9 Å². The summed E-state index contributed by atoms with van der Waals surface area (Å²) < 4.78 is 5.10. The predicted molar refractivity (Wildman–Crippen MR) is 78.0 cm³/mol. The van der Waals surface area contributed by atoms with E-state index < -0.39 is 0 Å². The molecule has 0 spiro atoms. The highest BCUT2D eigenvalue weighted by Gasteiger charge is 2.30. The molecule has 1 atom stereocenters. The zero-order chi connectivity index (χ0) is 15.4. The number of carbonyl (C=O) groups is 2. The van der Waals surface area contributed by atoms with Gasteiger partial charge >= 0.3 is 0 Å². The van der Waals surface area contributed by atoms with Crippen LogP contribution in [0.15, 0.2) is 4.52 Å². The topological polar surface area (TPSA) is 75.4 Å². The van der Waals surface area contributed by atoms with Gasteiger partial charge in [-0.3, -0.25) is 9.59 Å². The summed E-state index contributed by atoms with van der Waals surface area (Å²) in [7, 11) is 0. The fourth-order valence-electron chi connectivity index (χ4n) is 2.91. The summed E-state index contributed by atoms with van der Waals surface area (Å²) in [5, 5.41) is 6.67. The fraction of sp³-hybridized carbons (Fsp3) is 0.667. The summed E-state index contributed by atoms with van der Waals surface area (Å²) in [6.45, 7) is 6.43. The Hall–Kier alpha value is -1.85. The molecule has 1 aliphatic heterocycles. The molecule has 6 heteroatoms. The lowest BCUT2D eigenvalue weighted by molar-refractivity contribution is -0.119. The molecule has 116 valence electrons. The molecule has 0 aliphatic carbocycles. The summed E-state index contributed by atoms with van der Waals surface area (Å²) >= 11 is 0. The molecule has 1 saturated heterocycles. The SMILES string of the molecule is CC(=O)NCC[C@@H]1CCCCN1C(=O)c1c(C)noc1C. The van der Waals surface area contributed by atoms with E-state index in [0.29, 0.717) is 23.6 Å². The second kappa shape index (κ2) is 6.74. The minimum absolute atomic E-state index is 0.00113. The Morgan fingerprint density at radius 3 is 2.76 bits per heavy atom. The van der Waals surface area contributed by atoms with Gasteiger partial charge in [0.2, 0.25) is 5.91 Å². The lowest BCUT2D eigenvalue weighted by Gasteiger charge is -2.36. The molecule has 6 nitrogen and oxygen atoms in total. The molecule has 1 aromatic rings. The molecule has 21 heavy (non-hydrogen) atoms. The van der Waals surface area contributed by atoms with Crippen molar-refractivity contribution in [1.29, 1.82) is 0 Å². The van der Waals surface area contributed by atoms with Crippen molar-refractivity contribution in [2.24, 2.45) is 0 Å². The van der Waals surface area contributed by atoms with Crippen LogP contribution in [0.25, 0.3) is 0 Å². The first-order valence-corrected chi connectivity index (χ1v) is 7.49. The van der Waals surface area contributed by atoms with Gasteiger partial charge in [0, 0.05) is 26.1 Å². The Morgan fingerprint density at radius 2 is 2.14 bits per heavy atom. The van der Waals surface area contributed by atoms with Gasteiger partial charge in [-0.2, -0.15) is 0 Å². The Bertz CT molecular complexity index is 505. The molecular weight excluding hydrogens is 270 g/mol. The minimum atomic E-state index is -0.0330. The van der Waals surface area contributed by atoms with Crippen molar-refractivity contribution in [3.8, 4) is 0 Å². The van der Waals surface area contributed by atoms with E-state index in [2.05, 4.69) is 10.5 Å². The van der Waals surface area contributed by atoms with E-state index >= 15 is 0 Å². The Balaban J connectivity index is 2.07. The highest BCUT2D eigenvalue weighted by molar-refractivity contribution is 5.96. The lowest BCUT2D eigenvalue weighted by atomic mass is 9.98. The van der Waals surface area contributed by atoms with E-state index in [1.54, 1.807) is 13.8 Å². The van der Waals surface area contributed by atoms with Crippen LogP contribution in [0.1, 0.15) is 54.4 Å². The summed E-state index contributed by atoms with van der Waals surface area (Å²) in [5.74, 6) is 0.539. The van der Waals surface area contributed by atoms with Gasteiger partial charge in [0.05, 0.1) is 5.69 Å². The van der Waals surface area contributed by atoms with Crippen molar-refractivity contribution in [3.63, 3.8) is 0 Å². The van der Waals surface area contributed by atoms with Crippen molar-refractivity contribution < 1.29 is 14.1 Å². The van der Waals surface area contributed by atoms with Crippen LogP contribution in [0.3, 0.4) is 0 Å². The standard InChI is InChI=1S/C15H23N3O3/c1-10-14(11(2)21-17-10)15(20)18-9-5-4-6-13(18)7-8-16-12(3)19/h13H,4-9H2,1-3H3,(H,16,19)/t13-/m0/s1. The van der Waals surface area contributed by atoms with E-state index in [1.165, 1.54) is 6.92 Å². The number of likely N-dealkylation sites (tertiary alicyclic amines) is 1. The largest absolute Gasteiger partial charge is 0.361 e. The Labute approximate surface area is 124 Å². The van der Waals surface area contributed by atoms with Crippen LogP contribution in [0.5, 0.6) is 0 Å². The Kier molecular flexibility index (Phi) is 4.98. The molecule has 0 saturated carbocycles. The number of aryl methyl sites for hydroxylation is 2. The fourth-order valence-corrected chi connectivity index (χ4v) is 2.91. The maximum Gasteiger partial charge on any atom is 0.259 e. The molecule has 1 N–H and O–H groups in total. The van der Waals surface area contributed by atoms with Crippen LogP contribution in [0, 0.1) is 13.8 Å². The van der Waals surface area contributed by atoms with Crippen LogP contribution in [-0.4, -0.2) is 41.0 Å². The normalized spacial score (nSPS) is 18.6. The number of hydrogen-bond acceptors (Lipinski definition) is 4. The lowest BCUT2D eigenvalue weighted by Crippen LogP contribution is -2.45. The van der Waals surface area contributed by atoms with Crippen molar-refractivity contribution in [2.75, 3.05) is 13.1 Å². The van der Waals surface area contributed by atoms with E-state index in [4.69, 9.17) is 4.52 Å². The van der Waals surface area contributed by atoms with Gasteiger partial charge in [0.15, 0.2) is 0 Å². The van der Waals surface area contributed by atoms with Gasteiger partial charge in [-0.1, -0.05) is 5.16 Å². The quantitative estimate of drug-likeness (QED) is 0.918. The number of aromatic nitrogens is 1. The number of carbonyl (C=O) groups excluding carboxylic acids is 2. The maximum atomic E-state index is 12.7. The third kappa shape index (κ3) is 3.62. The molecule has 1 aliphatic rings. The number of amides is 2. The van der Waals surface area contributed by atoms with Gasteiger partial charge in [-0.15, -0.1) is 0 Å². The van der Waals surface area contributed by atoms with Crippen LogP contribution >= 0.6 is 0 Å². The molecule has 2 heterocycles. The van der Waals surface area contributed by atoms with Crippen molar-refractivity contribution in [3.05, 3.63) is 17.0 Å². The number of nitrogens with zero attached hydrogens (tertiary/aromatic N) is 2. The third-order valence-electron chi connectivity index (χ3n) is 3.99. The first-order valence-electron chi connectivity index (χ1n) is 7.49. The van der Waals surface area contributed by atoms with Gasteiger partial charge in [0.25, 0.3) is 5.91 Å². The predicted octanol–water partition coefficient (Wildman–Crippen LogP) is 1.81. The highest BCUT2D eigenvalue weighted by atomic mass is 16.5. The van der Waals surface area contributed by atoms with Crippen molar-refractivity contribution >= 4 is 11.8 Å². The first-order chi connectivity index (χ1) is 10.0. The Morgan fingerprint density at radius 1 is 1.38 bits per heavy atom. The van der Waals surface area contributed by atoms with Gasteiger partial charge in [-0.05, 0) is 39.5 Å². The molecule has 0 bridgehead atoms. The van der Waals surface area contributed by atoms with Gasteiger partial charge in [-0.25, -0.2) is 0 Å². The smallest absolute Gasteiger partial charge is 0.259 e. The number of piperidine rings is 1. The first kappa shape index (κ1) is 15.5. The second-order valence-electron chi connectivity index (χ2n) is 5.62. The molecular formula is C15H23N3O3. The average molecular weight is 293 g/mol. The molecule has 0 aromatic carbocycles. The average Bonchev–Trinajstić information content (AvgIpc) is 2.78. The van der Waals surface area contributed by atoms with Crippen LogP contribution in [0.2, 0.25) is 0 Å². The molecule has 0 radical (unpaired) electrons. The van der Waals surface area contributed by atoms with Gasteiger partial charge < -0.3 is 14.7 Å². The van der Waals surface area contributed by atoms with Crippen LogP contribution in [0.4, 0.5) is 0 Å². The van der Waals surface area contributed by atoms with E-state index in [9.17, 15) is 9.59 Å². The molecule has 1 aromatic heterocycles. The zero-order valence-electron chi connectivity index (χ0n) is 12.9. The van der Waals surface area contributed by atoms with Gasteiger partial charge in [0.1, 0.15) is 11.3 Å². The van der Waals surface area contributed by atoms with Crippen LogP contribution < -0.4 is 5.32 Å². The number of nitrogens with one attached hydrogen (secondary N) is 1. The minimum Gasteiger partial charge on any atom is -0.361 e. The summed E-state index contributed by atoms with van der Waals surface area (Å²) in [5.41, 5.74) is 1.23. The number of hydrogen-bond donors (Lipinski definition) is 1. The molecule has 1 fully saturated rings. The van der Waals surface area contributed by atoms with E-state index in [1.807, 2.05) is 4.90 Å². The zero-order valence-corrected chi connectivity index (χ0v) is 12.9. The second-order valence-corrected chi connectivity index (χ2v) is 5.62. The number of rotatable bonds is 4. The molecule has 2 rings (SSSR count). The third-order valence-corrected chi connectivity index (χ3v) is 3.99. The van der Waals surface area contributed by atoms with Crippen LogP contribution in [-0.2, 0) is 4.79 Å². The van der Waals surface area contributed by atoms with Crippen molar-refractivity contribution in [2.45, 2.75) is 52.5 Å². The van der Waals surface area contributed by atoms with E-state index in [0.717, 1.165) is 32.2 Å². The maximum absolute atomic E-state index is 12.7. The summed E-state index contributed by atoms with van der Waals surface area (Å²) in [4.78, 5) is 25.6. The summed E-state index contributed by atoms with van der Waals surface area (Å²) in [6, 6.07) is 0.173. The summed E-state index contributed by atoms with van der Waals surface area (Å²) in [6.07, 6.45) is 3.91. The monoisotopic (exact) mass is 293 g/mol. The van der Waals surface area contributed by atoms with Crippen molar-refractivity contribution in [1.82, 2.24) is 15.4 Å². The highest BCUT2D eigenvalue weighted by Crippen LogP contribution is 2.24.